The largest absolute Gasteiger partial charge is 2.00 e. The first-order chi connectivity index (χ1) is 11.8. The Balaban J connectivity index is 0. The summed E-state index contributed by atoms with van der Waals surface area (Å²) in [5, 5.41) is 2.82. The zero-order chi connectivity index (χ0) is 17.7. The van der Waals surface area contributed by atoms with Crippen molar-refractivity contribution in [3.8, 4) is 0 Å². The summed E-state index contributed by atoms with van der Waals surface area (Å²) in [5.74, 6) is 0.0907. The van der Waals surface area contributed by atoms with Crippen molar-refractivity contribution in [2.75, 3.05) is 6.54 Å². The average molecular weight is 421 g/mol. The number of hydrogen-bond donors (Lipinski definition) is 1. The summed E-state index contributed by atoms with van der Waals surface area (Å²) in [6.45, 7) is 4.67. The van der Waals surface area contributed by atoms with Gasteiger partial charge in [-0.1, -0.05) is 51.9 Å². The van der Waals surface area contributed by atoms with E-state index < -0.39 is 0 Å². The molecule has 2 aliphatic rings. The van der Waals surface area contributed by atoms with Crippen LogP contribution in [0.5, 0.6) is 0 Å². The predicted molar refractivity (Wildman–Crippen MR) is 104 cm³/mol. The van der Waals surface area contributed by atoms with Crippen molar-refractivity contribution in [1.82, 2.24) is 5.32 Å². The van der Waals surface area contributed by atoms with Crippen LogP contribution in [0.1, 0.15) is 65.2 Å². The van der Waals surface area contributed by atoms with Crippen molar-refractivity contribution in [2.45, 2.75) is 65.2 Å². The average Bonchev–Trinajstić information content (AvgIpc) is 3.30. The van der Waals surface area contributed by atoms with Gasteiger partial charge in [0.05, 0.1) is 0 Å². The van der Waals surface area contributed by atoms with Gasteiger partial charge < -0.3 is 5.32 Å². The molecule has 0 aliphatic heterocycles. The maximum atomic E-state index is 10.5. The maximum Gasteiger partial charge on any atom is 2.00 e. The zero-order valence-corrected chi connectivity index (χ0v) is 18.5. The van der Waals surface area contributed by atoms with Gasteiger partial charge in [0.25, 0.3) is 0 Å². The van der Waals surface area contributed by atoms with Crippen molar-refractivity contribution in [1.29, 1.82) is 0 Å². The third-order valence-electron chi connectivity index (χ3n) is 3.52. The minimum atomic E-state index is 0. The number of carbonyl (C=O) groups is 1. The Labute approximate surface area is 177 Å². The van der Waals surface area contributed by atoms with Crippen molar-refractivity contribution in [2.24, 2.45) is 0 Å². The van der Waals surface area contributed by atoms with Crippen LogP contribution in [0.3, 0.4) is 0 Å². The molecule has 0 bridgehead atoms. The van der Waals surface area contributed by atoms with Crippen LogP contribution in [0.15, 0.2) is 0 Å². The first-order valence-electron chi connectivity index (χ1n) is 9.35. The summed E-state index contributed by atoms with van der Waals surface area (Å²) >= 11 is 0. The topological polar surface area (TPSA) is 29.1 Å². The Hall–Kier alpha value is 0.353. The molecular weight excluding hydrogens is 385 g/mol. The minimum absolute atomic E-state index is 0. The van der Waals surface area contributed by atoms with Gasteiger partial charge in [-0.25, -0.2) is 0 Å². The van der Waals surface area contributed by atoms with Crippen molar-refractivity contribution in [3.05, 3.63) is 64.2 Å². The molecule has 0 spiro atoms. The summed E-state index contributed by atoms with van der Waals surface area (Å²) in [5.41, 5.74) is 0. The van der Waals surface area contributed by atoms with Crippen molar-refractivity contribution < 1.29 is 31.0 Å². The van der Waals surface area contributed by atoms with E-state index in [2.05, 4.69) is 12.2 Å². The molecule has 0 atom stereocenters. The number of unbranched alkanes of at least 4 members (excludes halogenated alkanes) is 7. The third kappa shape index (κ3) is 26.7. The molecule has 0 aromatic carbocycles. The molecule has 2 aliphatic carbocycles. The zero-order valence-electron chi connectivity index (χ0n) is 16.0. The third-order valence-corrected chi connectivity index (χ3v) is 3.52. The molecule has 10 radical (unpaired) electrons. The van der Waals surface area contributed by atoms with Crippen molar-refractivity contribution in [3.63, 3.8) is 0 Å². The first-order valence-corrected chi connectivity index (χ1v) is 9.35. The van der Waals surface area contributed by atoms with Gasteiger partial charge in [0.15, 0.2) is 0 Å². The second kappa shape index (κ2) is 24.4. The molecule has 2 nitrogen and oxygen atoms in total. The van der Waals surface area contributed by atoms with Crippen LogP contribution in [0.2, 0.25) is 0 Å². The molecule has 2 rings (SSSR count). The summed E-state index contributed by atoms with van der Waals surface area (Å²) in [7, 11) is 0. The molecule has 0 aromatic heterocycles. The van der Waals surface area contributed by atoms with E-state index in [1.165, 1.54) is 44.9 Å². The molecule has 0 unspecified atom stereocenters. The van der Waals surface area contributed by atoms with Gasteiger partial charge in [-0.05, 0) is 70.6 Å². The van der Waals surface area contributed by atoms with E-state index in [-0.39, 0.29) is 32.1 Å². The molecule has 25 heavy (non-hydrogen) atoms. The molecule has 2 fully saturated rings. The molecule has 136 valence electrons. The van der Waals surface area contributed by atoms with E-state index in [4.69, 9.17) is 0 Å². The number of carbonyl (C=O) groups excluding carboxylic acids is 1. The molecule has 0 saturated heterocycles. The number of amides is 1. The van der Waals surface area contributed by atoms with Gasteiger partial charge in [0.2, 0.25) is 5.91 Å². The van der Waals surface area contributed by atoms with Crippen LogP contribution in [-0.2, 0) is 31.0 Å². The van der Waals surface area contributed by atoms with E-state index in [0.717, 1.165) is 13.0 Å². The Kier molecular flexibility index (Phi) is 26.9. The molecule has 1 amide bonds. The number of nitrogens with one attached hydrogen (secondary N) is 1. The smallest absolute Gasteiger partial charge is 0.356 e. The first kappa shape index (κ1) is 27.6. The molecule has 0 aromatic rings. The minimum Gasteiger partial charge on any atom is -0.356 e. The van der Waals surface area contributed by atoms with Gasteiger partial charge in [-0.2, -0.15) is 0 Å². The van der Waals surface area contributed by atoms with Crippen LogP contribution in [0, 0.1) is 64.2 Å². The maximum absolute atomic E-state index is 10.5. The van der Waals surface area contributed by atoms with Gasteiger partial charge in [0, 0.05) is 13.5 Å². The fourth-order valence-corrected chi connectivity index (χ4v) is 2.16. The van der Waals surface area contributed by atoms with Crippen LogP contribution in [-0.4, -0.2) is 12.5 Å². The van der Waals surface area contributed by atoms with E-state index in [0.29, 0.717) is 0 Å². The number of hydrogen-bond acceptors (Lipinski definition) is 1. The summed E-state index contributed by atoms with van der Waals surface area (Å²) < 4.78 is 0. The van der Waals surface area contributed by atoms with Gasteiger partial charge in [-0.15, -0.1) is 0 Å². The second-order valence-corrected chi connectivity index (χ2v) is 5.88. The van der Waals surface area contributed by atoms with Gasteiger partial charge in [-0.3, -0.25) is 4.79 Å². The Bertz CT molecular complexity index is 225. The fraction of sp³-hybridized carbons (Fsp3) is 0.500. The Morgan fingerprint density at radius 3 is 1.28 bits per heavy atom. The molecule has 3 heteroatoms. The molecule has 1 N–H and O–H groups in total. The monoisotopic (exact) mass is 419 g/mol. The van der Waals surface area contributed by atoms with E-state index in [1.54, 1.807) is 6.92 Å². The van der Waals surface area contributed by atoms with Gasteiger partial charge >= 0.3 is 26.2 Å². The van der Waals surface area contributed by atoms with E-state index in [9.17, 15) is 4.79 Å². The van der Waals surface area contributed by atoms with Crippen molar-refractivity contribution >= 4 is 5.91 Å². The second-order valence-electron chi connectivity index (χ2n) is 5.88. The van der Waals surface area contributed by atoms with E-state index >= 15 is 0 Å². The van der Waals surface area contributed by atoms with Crippen LogP contribution in [0.25, 0.3) is 0 Å². The molecular formula is C22H35NOZr+2. The fourth-order valence-electron chi connectivity index (χ4n) is 2.16. The van der Waals surface area contributed by atoms with E-state index in [1.807, 2.05) is 64.2 Å². The quantitative estimate of drug-likeness (QED) is 0.504. The summed E-state index contributed by atoms with van der Waals surface area (Å²) in [6, 6.07) is 0. The molecule has 2 saturated carbocycles. The predicted octanol–water partition coefficient (Wildman–Crippen LogP) is 5.30. The number of rotatable bonds is 9. The summed E-state index contributed by atoms with van der Waals surface area (Å²) in [4.78, 5) is 10.5. The van der Waals surface area contributed by atoms with Crippen LogP contribution in [0.4, 0.5) is 0 Å². The summed E-state index contributed by atoms with van der Waals surface area (Å²) in [6.07, 6.45) is 30.5. The molecule has 0 heterocycles. The van der Waals surface area contributed by atoms with Gasteiger partial charge in [0.1, 0.15) is 0 Å². The normalized spacial score (nSPS) is 15.3. The Morgan fingerprint density at radius 1 is 0.640 bits per heavy atom. The van der Waals surface area contributed by atoms with Crippen LogP contribution >= 0.6 is 0 Å². The standard InChI is InChI=1S/C12H25NO.2C5H5.Zr/c1-3-4-5-6-7-8-9-10-11-13-12(2)14;2*1-2-4-5-3-1;/h3-11H2,1-2H3,(H,13,14);2*1-5H;/q;;;+2. The SMILES string of the molecule is CCCCCCCCCCNC(C)=O.[CH]1[CH][CH][CH][CH]1.[CH]1[CH][CH][CH][CH]1.[Zr+2]. The Morgan fingerprint density at radius 2 is 0.960 bits per heavy atom. The van der Waals surface area contributed by atoms with Crippen LogP contribution < -0.4 is 5.32 Å².